The summed E-state index contributed by atoms with van der Waals surface area (Å²) in [6.45, 7) is 1.95. The minimum absolute atomic E-state index is 0.00499. The van der Waals surface area contributed by atoms with Crippen molar-refractivity contribution >= 4 is 11.8 Å². The summed E-state index contributed by atoms with van der Waals surface area (Å²) in [6.07, 6.45) is 3.19. The van der Waals surface area contributed by atoms with Crippen molar-refractivity contribution in [3.05, 3.63) is 35.4 Å². The summed E-state index contributed by atoms with van der Waals surface area (Å²) in [5, 5.41) is 9.07. The molecule has 2 amide bonds. The van der Waals surface area contributed by atoms with E-state index in [9.17, 15) is 9.59 Å². The van der Waals surface area contributed by atoms with E-state index in [1.807, 2.05) is 9.80 Å². The number of ether oxygens (including phenoxy) is 1. The third-order valence-corrected chi connectivity index (χ3v) is 5.51. The molecule has 0 saturated carbocycles. The van der Waals surface area contributed by atoms with Crippen LogP contribution < -0.4 is 0 Å². The minimum atomic E-state index is -0.0982. The van der Waals surface area contributed by atoms with E-state index in [-0.39, 0.29) is 30.0 Å². The fourth-order valence-electron chi connectivity index (χ4n) is 4.35. The van der Waals surface area contributed by atoms with E-state index in [4.69, 9.17) is 10.00 Å². The molecule has 0 radical (unpaired) electrons. The second kappa shape index (κ2) is 6.49. The maximum absolute atomic E-state index is 13.1. The average Bonchev–Trinajstić information content (AvgIpc) is 3.24. The van der Waals surface area contributed by atoms with Crippen LogP contribution in [0.25, 0.3) is 0 Å². The van der Waals surface area contributed by atoms with E-state index in [0.717, 1.165) is 25.8 Å². The average molecular weight is 339 g/mol. The number of likely N-dealkylation sites (tertiary alicyclic amines) is 2. The van der Waals surface area contributed by atoms with Crippen LogP contribution in [0.2, 0.25) is 0 Å². The molecule has 6 nitrogen and oxygen atoms in total. The lowest BCUT2D eigenvalue weighted by molar-refractivity contribution is -0.132. The van der Waals surface area contributed by atoms with Gasteiger partial charge >= 0.3 is 0 Å². The molecule has 3 saturated heterocycles. The summed E-state index contributed by atoms with van der Waals surface area (Å²) in [5.74, 6) is 0.0884. The van der Waals surface area contributed by atoms with Gasteiger partial charge in [0.15, 0.2) is 0 Å². The number of benzene rings is 1. The quantitative estimate of drug-likeness (QED) is 0.819. The summed E-state index contributed by atoms with van der Waals surface area (Å²) in [5.41, 5.74) is 1.00. The van der Waals surface area contributed by atoms with Crippen molar-refractivity contribution in [3.8, 4) is 6.07 Å². The van der Waals surface area contributed by atoms with Crippen molar-refractivity contribution in [1.29, 1.82) is 5.26 Å². The highest BCUT2D eigenvalue weighted by atomic mass is 16.5. The molecule has 3 aliphatic rings. The van der Waals surface area contributed by atoms with Gasteiger partial charge in [-0.3, -0.25) is 9.59 Å². The van der Waals surface area contributed by atoms with Crippen molar-refractivity contribution in [2.24, 2.45) is 0 Å². The van der Waals surface area contributed by atoms with Crippen LogP contribution in [-0.2, 0) is 9.53 Å². The third-order valence-electron chi connectivity index (χ3n) is 5.51. The molecule has 4 rings (SSSR count). The van der Waals surface area contributed by atoms with E-state index in [1.54, 1.807) is 24.3 Å². The molecule has 0 aromatic heterocycles. The number of fused-ring (bicyclic) bond motifs is 1. The predicted octanol–water partition coefficient (Wildman–Crippen LogP) is 1.55. The van der Waals surface area contributed by atoms with Crippen LogP contribution in [0, 0.1) is 11.3 Å². The molecule has 25 heavy (non-hydrogen) atoms. The van der Waals surface area contributed by atoms with Gasteiger partial charge in [0, 0.05) is 31.7 Å². The van der Waals surface area contributed by atoms with E-state index in [1.165, 1.54) is 0 Å². The Morgan fingerprint density at radius 1 is 1.28 bits per heavy atom. The summed E-state index contributed by atoms with van der Waals surface area (Å²) in [6, 6.07) is 8.84. The fourth-order valence-corrected chi connectivity index (χ4v) is 4.35. The van der Waals surface area contributed by atoms with Crippen LogP contribution in [0.3, 0.4) is 0 Å². The second-order valence-electron chi connectivity index (χ2n) is 6.95. The topological polar surface area (TPSA) is 73.6 Å². The van der Waals surface area contributed by atoms with Crippen molar-refractivity contribution in [3.63, 3.8) is 0 Å². The summed E-state index contributed by atoms with van der Waals surface area (Å²) in [4.78, 5) is 29.0. The molecular formula is C19H21N3O3. The molecule has 1 aromatic rings. The summed E-state index contributed by atoms with van der Waals surface area (Å²) < 4.78 is 6.00. The van der Waals surface area contributed by atoms with Gasteiger partial charge in [0.25, 0.3) is 5.91 Å². The molecule has 130 valence electrons. The summed E-state index contributed by atoms with van der Waals surface area (Å²) >= 11 is 0. The van der Waals surface area contributed by atoms with Gasteiger partial charge in [0.05, 0.1) is 29.8 Å². The van der Waals surface area contributed by atoms with Crippen molar-refractivity contribution in [2.45, 2.75) is 43.9 Å². The highest BCUT2D eigenvalue weighted by molar-refractivity contribution is 5.95. The van der Waals surface area contributed by atoms with Crippen LogP contribution in [0.15, 0.2) is 24.3 Å². The van der Waals surface area contributed by atoms with Crippen LogP contribution in [0.4, 0.5) is 0 Å². The Bertz CT molecular complexity index is 742. The molecule has 3 aliphatic heterocycles. The third kappa shape index (κ3) is 2.79. The van der Waals surface area contributed by atoms with Crippen LogP contribution >= 0.6 is 0 Å². The Labute approximate surface area is 147 Å². The molecular weight excluding hydrogens is 318 g/mol. The number of carbonyl (C=O) groups excluding carboxylic acids is 2. The van der Waals surface area contributed by atoms with E-state index in [0.29, 0.717) is 30.7 Å². The molecule has 0 aliphatic carbocycles. The van der Waals surface area contributed by atoms with Gasteiger partial charge in [0.2, 0.25) is 5.91 Å². The normalized spacial score (nSPS) is 28.8. The Morgan fingerprint density at radius 2 is 2.16 bits per heavy atom. The van der Waals surface area contributed by atoms with Gasteiger partial charge in [0.1, 0.15) is 0 Å². The van der Waals surface area contributed by atoms with Crippen molar-refractivity contribution in [2.75, 3.05) is 19.7 Å². The lowest BCUT2D eigenvalue weighted by Gasteiger charge is -2.34. The Hall–Kier alpha value is -2.39. The van der Waals surface area contributed by atoms with Crippen molar-refractivity contribution in [1.82, 2.24) is 9.80 Å². The second-order valence-corrected chi connectivity index (χ2v) is 6.95. The number of amides is 2. The molecule has 1 aromatic carbocycles. The monoisotopic (exact) mass is 339 g/mol. The first-order valence-corrected chi connectivity index (χ1v) is 8.91. The lowest BCUT2D eigenvalue weighted by Crippen LogP contribution is -2.48. The number of hydrogen-bond donors (Lipinski definition) is 0. The lowest BCUT2D eigenvalue weighted by atomic mass is 10.00. The highest BCUT2D eigenvalue weighted by Gasteiger charge is 2.49. The van der Waals surface area contributed by atoms with E-state index in [2.05, 4.69) is 6.07 Å². The Balaban J connectivity index is 1.61. The minimum Gasteiger partial charge on any atom is -0.374 e. The van der Waals surface area contributed by atoms with Crippen LogP contribution in [0.1, 0.15) is 41.6 Å². The molecule has 3 atom stereocenters. The zero-order chi connectivity index (χ0) is 17.4. The maximum atomic E-state index is 13.1. The van der Waals surface area contributed by atoms with Gasteiger partial charge in [-0.1, -0.05) is 6.07 Å². The summed E-state index contributed by atoms with van der Waals surface area (Å²) in [7, 11) is 0. The molecule has 0 unspecified atom stereocenters. The molecule has 0 N–H and O–H groups in total. The zero-order valence-corrected chi connectivity index (χ0v) is 14.1. The van der Waals surface area contributed by atoms with E-state index >= 15 is 0 Å². The fraction of sp³-hybridized carbons (Fsp3) is 0.526. The number of nitriles is 1. The predicted molar refractivity (Wildman–Crippen MR) is 89.7 cm³/mol. The SMILES string of the molecule is N#Cc1cccc(C(=O)N2C[C@H](N3CCCC3=O)[C@@H]3OCCC[C@@H]32)c1. The van der Waals surface area contributed by atoms with Crippen LogP contribution in [0.5, 0.6) is 0 Å². The van der Waals surface area contributed by atoms with Crippen molar-refractivity contribution < 1.29 is 14.3 Å². The number of carbonyl (C=O) groups is 2. The smallest absolute Gasteiger partial charge is 0.254 e. The van der Waals surface area contributed by atoms with Gasteiger partial charge in [-0.15, -0.1) is 0 Å². The van der Waals surface area contributed by atoms with Gasteiger partial charge in [-0.05, 0) is 37.5 Å². The number of rotatable bonds is 2. The first-order chi connectivity index (χ1) is 12.2. The Kier molecular flexibility index (Phi) is 4.18. The number of hydrogen-bond acceptors (Lipinski definition) is 4. The largest absolute Gasteiger partial charge is 0.374 e. The van der Waals surface area contributed by atoms with Gasteiger partial charge < -0.3 is 14.5 Å². The molecule has 0 spiro atoms. The number of nitrogens with zero attached hydrogens (tertiary/aromatic N) is 3. The molecule has 0 bridgehead atoms. The maximum Gasteiger partial charge on any atom is 0.254 e. The van der Waals surface area contributed by atoms with Gasteiger partial charge in [-0.2, -0.15) is 5.26 Å². The Morgan fingerprint density at radius 3 is 2.92 bits per heavy atom. The van der Waals surface area contributed by atoms with E-state index < -0.39 is 0 Å². The molecule has 3 heterocycles. The van der Waals surface area contributed by atoms with Gasteiger partial charge in [-0.25, -0.2) is 0 Å². The standard InChI is InChI=1S/C19H21N3O3/c20-11-13-4-1-5-14(10-13)19(24)22-12-16(21-8-2-7-17(21)23)18-15(22)6-3-9-25-18/h1,4-5,10,15-16,18H,2-3,6-9,12H2/t15-,16-,18+/m0/s1. The zero-order valence-electron chi connectivity index (χ0n) is 14.1. The molecule has 6 heteroatoms. The first kappa shape index (κ1) is 16.1. The highest BCUT2D eigenvalue weighted by Crippen LogP contribution is 2.34. The van der Waals surface area contributed by atoms with Crippen LogP contribution in [-0.4, -0.2) is 59.5 Å². The first-order valence-electron chi connectivity index (χ1n) is 8.91. The molecule has 3 fully saturated rings.